The summed E-state index contributed by atoms with van der Waals surface area (Å²) in [5.41, 5.74) is 1.77. The number of halogens is 1. The molecule has 1 heterocycles. The number of rotatable bonds is 4. The summed E-state index contributed by atoms with van der Waals surface area (Å²) in [7, 11) is 0. The van der Waals surface area contributed by atoms with Gasteiger partial charge in [-0.2, -0.15) is 5.26 Å². The number of amides is 1. The Morgan fingerprint density at radius 3 is 2.73 bits per heavy atom. The molecule has 2 aromatic rings. The fraction of sp³-hybridized carbons (Fsp3) is 0.118. The Morgan fingerprint density at radius 1 is 1.36 bits per heavy atom. The largest absolute Gasteiger partial charge is 0.345 e. The van der Waals surface area contributed by atoms with Gasteiger partial charge in [0, 0.05) is 16.9 Å². The van der Waals surface area contributed by atoms with Crippen molar-refractivity contribution in [1.29, 1.82) is 5.26 Å². The van der Waals surface area contributed by atoms with E-state index in [2.05, 4.69) is 26.2 Å². The number of benzene rings is 1. The van der Waals surface area contributed by atoms with Crippen molar-refractivity contribution >= 4 is 27.9 Å². The van der Waals surface area contributed by atoms with Crippen LogP contribution in [0.1, 0.15) is 24.1 Å². The van der Waals surface area contributed by atoms with Crippen LogP contribution in [0.15, 0.2) is 58.8 Å². The van der Waals surface area contributed by atoms with E-state index < -0.39 is 5.91 Å². The number of nitrogens with zero attached hydrogens (tertiary/aromatic N) is 2. The highest BCUT2D eigenvalue weighted by atomic mass is 79.9. The zero-order chi connectivity index (χ0) is 15.9. The number of nitriles is 1. The number of carbonyl (C=O) groups excluding carboxylic acids is 1. The molecule has 1 aromatic carbocycles. The lowest BCUT2D eigenvalue weighted by Gasteiger charge is -2.13. The first-order valence-electron chi connectivity index (χ1n) is 6.69. The quantitative estimate of drug-likeness (QED) is 0.672. The van der Waals surface area contributed by atoms with Crippen molar-refractivity contribution in [2.24, 2.45) is 0 Å². The smallest absolute Gasteiger partial charge is 0.262 e. The molecule has 0 spiro atoms. The van der Waals surface area contributed by atoms with Gasteiger partial charge in [0.2, 0.25) is 0 Å². The fourth-order valence-corrected chi connectivity index (χ4v) is 2.27. The van der Waals surface area contributed by atoms with Gasteiger partial charge in [0.05, 0.1) is 6.04 Å². The Balaban J connectivity index is 2.17. The van der Waals surface area contributed by atoms with E-state index in [9.17, 15) is 10.1 Å². The van der Waals surface area contributed by atoms with E-state index in [0.717, 1.165) is 15.6 Å². The van der Waals surface area contributed by atoms with Crippen LogP contribution in [0, 0.1) is 11.3 Å². The van der Waals surface area contributed by atoms with Crippen LogP contribution < -0.4 is 5.32 Å². The van der Waals surface area contributed by atoms with Gasteiger partial charge in [0.1, 0.15) is 11.6 Å². The Labute approximate surface area is 137 Å². The summed E-state index contributed by atoms with van der Waals surface area (Å²) in [5, 5.41) is 12.0. The minimum atomic E-state index is -0.400. The van der Waals surface area contributed by atoms with Crippen LogP contribution in [-0.4, -0.2) is 10.9 Å². The molecular weight excluding hydrogens is 342 g/mol. The van der Waals surface area contributed by atoms with Gasteiger partial charge in [0.15, 0.2) is 0 Å². The van der Waals surface area contributed by atoms with Crippen LogP contribution >= 0.6 is 15.9 Å². The summed E-state index contributed by atoms with van der Waals surface area (Å²) >= 11 is 3.34. The highest BCUT2D eigenvalue weighted by molar-refractivity contribution is 9.10. The number of nitrogens with one attached hydrogen (secondary N) is 1. The SMILES string of the molecule is C[C@H](NC(=O)/C(C#N)=C/c1ccncc1Br)c1ccccc1. The molecule has 0 saturated heterocycles. The van der Waals surface area contributed by atoms with Crippen LogP contribution in [0.25, 0.3) is 6.08 Å². The maximum absolute atomic E-state index is 12.2. The molecule has 1 amide bonds. The van der Waals surface area contributed by atoms with Gasteiger partial charge < -0.3 is 5.32 Å². The minimum absolute atomic E-state index is 0.0506. The predicted molar refractivity (Wildman–Crippen MR) is 88.5 cm³/mol. The summed E-state index contributed by atoms with van der Waals surface area (Å²) in [4.78, 5) is 16.2. The molecule has 1 aromatic heterocycles. The summed E-state index contributed by atoms with van der Waals surface area (Å²) in [6, 6.07) is 13.1. The third kappa shape index (κ3) is 4.03. The van der Waals surface area contributed by atoms with Crippen molar-refractivity contribution in [3.05, 3.63) is 70.0 Å². The van der Waals surface area contributed by atoms with E-state index in [1.165, 1.54) is 0 Å². The zero-order valence-electron chi connectivity index (χ0n) is 12.0. The summed E-state index contributed by atoms with van der Waals surface area (Å²) in [6.45, 7) is 1.88. The predicted octanol–water partition coefficient (Wildman–Crippen LogP) is 3.63. The average Bonchev–Trinajstić information content (AvgIpc) is 2.54. The highest BCUT2D eigenvalue weighted by Gasteiger charge is 2.14. The van der Waals surface area contributed by atoms with E-state index in [1.807, 2.05) is 43.3 Å². The average molecular weight is 356 g/mol. The third-order valence-electron chi connectivity index (χ3n) is 3.12. The second-order valence-electron chi connectivity index (χ2n) is 4.67. The molecule has 1 atom stereocenters. The Bertz CT molecular complexity index is 735. The molecule has 0 aliphatic carbocycles. The lowest BCUT2D eigenvalue weighted by molar-refractivity contribution is -0.117. The number of hydrogen-bond donors (Lipinski definition) is 1. The molecule has 0 fully saturated rings. The highest BCUT2D eigenvalue weighted by Crippen LogP contribution is 2.18. The van der Waals surface area contributed by atoms with Gasteiger partial charge in [-0.05, 0) is 46.1 Å². The second-order valence-corrected chi connectivity index (χ2v) is 5.53. The van der Waals surface area contributed by atoms with Crippen LogP contribution in [0.2, 0.25) is 0 Å². The van der Waals surface area contributed by atoms with Crippen molar-refractivity contribution in [3.63, 3.8) is 0 Å². The Kier molecular flexibility index (Phi) is 5.45. The number of pyridine rings is 1. The first-order valence-corrected chi connectivity index (χ1v) is 7.48. The van der Waals surface area contributed by atoms with Crippen molar-refractivity contribution in [1.82, 2.24) is 10.3 Å². The first-order chi connectivity index (χ1) is 10.6. The second kappa shape index (κ2) is 7.53. The molecule has 0 aliphatic rings. The maximum Gasteiger partial charge on any atom is 0.262 e. The molecule has 0 saturated carbocycles. The van der Waals surface area contributed by atoms with Gasteiger partial charge in [-0.15, -0.1) is 0 Å². The minimum Gasteiger partial charge on any atom is -0.345 e. The van der Waals surface area contributed by atoms with Gasteiger partial charge in [0.25, 0.3) is 5.91 Å². The van der Waals surface area contributed by atoms with E-state index in [4.69, 9.17) is 0 Å². The van der Waals surface area contributed by atoms with Crippen LogP contribution in [0.3, 0.4) is 0 Å². The number of aromatic nitrogens is 1. The molecule has 0 unspecified atom stereocenters. The van der Waals surface area contributed by atoms with Gasteiger partial charge >= 0.3 is 0 Å². The van der Waals surface area contributed by atoms with Crippen molar-refractivity contribution in [2.75, 3.05) is 0 Å². The molecule has 0 bridgehead atoms. The van der Waals surface area contributed by atoms with Gasteiger partial charge in [-0.3, -0.25) is 9.78 Å². The molecule has 0 aliphatic heterocycles. The molecule has 2 rings (SSSR count). The Morgan fingerprint density at radius 2 is 2.09 bits per heavy atom. The third-order valence-corrected chi connectivity index (χ3v) is 3.78. The lowest BCUT2D eigenvalue weighted by atomic mass is 10.1. The number of hydrogen-bond acceptors (Lipinski definition) is 3. The first kappa shape index (κ1) is 15.9. The summed E-state index contributed by atoms with van der Waals surface area (Å²) < 4.78 is 0.728. The van der Waals surface area contributed by atoms with Crippen LogP contribution in [-0.2, 0) is 4.79 Å². The molecule has 4 nitrogen and oxygen atoms in total. The standard InChI is InChI=1S/C17H14BrN3O/c1-12(13-5-3-2-4-6-13)21-17(22)15(10-19)9-14-7-8-20-11-16(14)18/h2-9,11-12H,1H3,(H,21,22)/b15-9+/t12-/m0/s1. The normalized spacial score (nSPS) is 12.3. The van der Waals surface area contributed by atoms with E-state index >= 15 is 0 Å². The van der Waals surface area contributed by atoms with Crippen molar-refractivity contribution in [3.8, 4) is 6.07 Å². The summed E-state index contributed by atoms with van der Waals surface area (Å²) in [5.74, 6) is -0.400. The van der Waals surface area contributed by atoms with E-state index in [-0.39, 0.29) is 11.6 Å². The fourth-order valence-electron chi connectivity index (χ4n) is 1.91. The lowest BCUT2D eigenvalue weighted by Crippen LogP contribution is -2.27. The summed E-state index contributed by atoms with van der Waals surface area (Å²) in [6.07, 6.45) is 4.76. The monoisotopic (exact) mass is 355 g/mol. The molecule has 22 heavy (non-hydrogen) atoms. The molecule has 5 heteroatoms. The van der Waals surface area contributed by atoms with Gasteiger partial charge in [-0.1, -0.05) is 30.3 Å². The molecule has 0 radical (unpaired) electrons. The Hall–Kier alpha value is -2.45. The van der Waals surface area contributed by atoms with E-state index in [0.29, 0.717) is 0 Å². The number of carbonyl (C=O) groups is 1. The van der Waals surface area contributed by atoms with Crippen molar-refractivity contribution < 1.29 is 4.79 Å². The maximum atomic E-state index is 12.2. The van der Waals surface area contributed by atoms with Gasteiger partial charge in [-0.25, -0.2) is 0 Å². The van der Waals surface area contributed by atoms with Crippen molar-refractivity contribution in [2.45, 2.75) is 13.0 Å². The molecule has 1 N–H and O–H groups in total. The van der Waals surface area contributed by atoms with Crippen LogP contribution in [0.4, 0.5) is 0 Å². The van der Waals surface area contributed by atoms with E-state index in [1.54, 1.807) is 24.5 Å². The topological polar surface area (TPSA) is 65.8 Å². The molecular formula is C17H14BrN3O. The molecule has 110 valence electrons. The van der Waals surface area contributed by atoms with Crippen LogP contribution in [0.5, 0.6) is 0 Å². The zero-order valence-corrected chi connectivity index (χ0v) is 13.5.